The van der Waals surface area contributed by atoms with Crippen LogP contribution in [0.15, 0.2) is 212 Å². The zero-order valence-electron chi connectivity index (χ0n) is 42.2. The molecule has 0 N–H and O–H groups in total. The number of rotatable bonds is 7. The molecule has 364 valence electrons. The first-order chi connectivity index (χ1) is 36.2. The fraction of sp³-hybridized carbons (Fsp3) is 0.0909. The summed E-state index contributed by atoms with van der Waals surface area (Å²) in [5.41, 5.74) is 18.2. The molecule has 0 bridgehead atoms. The minimum Gasteiger partial charge on any atom is -0.415 e. The fourth-order valence-electron chi connectivity index (χ4n) is 11.7. The van der Waals surface area contributed by atoms with Crippen LogP contribution >= 0.6 is 0 Å². The zero-order valence-corrected chi connectivity index (χ0v) is 44.5. The Balaban J connectivity index is 0.00000541. The number of hydrogen-bond acceptors (Lipinski definition) is 3. The average molecular weight is 1150 g/mol. The third-order valence-corrected chi connectivity index (χ3v) is 15.1. The molecule has 4 aromatic heterocycles. The van der Waals surface area contributed by atoms with Gasteiger partial charge in [-0.05, 0) is 96.0 Å². The van der Waals surface area contributed by atoms with E-state index in [2.05, 4.69) is 287 Å². The molecule has 0 spiro atoms. The van der Waals surface area contributed by atoms with Gasteiger partial charge < -0.3 is 23.3 Å². The molecule has 9 heteroatoms. The van der Waals surface area contributed by atoms with Crippen LogP contribution in [-0.4, -0.2) is 25.7 Å². The summed E-state index contributed by atoms with van der Waals surface area (Å²) in [7, 11) is 0. The molecule has 1 aliphatic heterocycles. The third kappa shape index (κ3) is 7.29. The molecule has 0 atom stereocenters. The number of aryl methyl sites for hydroxylation is 2. The van der Waals surface area contributed by atoms with Crippen molar-refractivity contribution in [1.29, 1.82) is 0 Å². The summed E-state index contributed by atoms with van der Waals surface area (Å²) < 4.78 is 9.07. The van der Waals surface area contributed by atoms with Gasteiger partial charge in [0, 0.05) is 49.2 Å². The molecule has 9 aromatic carbocycles. The predicted octanol–water partition coefficient (Wildman–Crippen LogP) is 14.5. The second kappa shape index (κ2) is 17.9. The van der Waals surface area contributed by atoms with Crippen molar-refractivity contribution in [2.75, 3.05) is 9.62 Å². The molecular weight excluding hydrogens is 1100 g/mol. The molecule has 7 nitrogen and oxygen atoms in total. The van der Waals surface area contributed by atoms with Crippen LogP contribution in [-0.2, 0) is 26.5 Å². The molecule has 14 rings (SSSR count). The first-order valence-corrected chi connectivity index (χ1v) is 25.4. The molecule has 1 aliphatic rings. The zero-order chi connectivity index (χ0) is 49.8. The number of anilines is 4. The average Bonchev–Trinajstić information content (AvgIpc) is 4.20. The van der Waals surface area contributed by atoms with Gasteiger partial charge in [0.2, 0.25) is 0 Å². The van der Waals surface area contributed by atoms with E-state index >= 15 is 0 Å². The van der Waals surface area contributed by atoms with E-state index in [1.807, 2.05) is 6.20 Å². The van der Waals surface area contributed by atoms with Gasteiger partial charge in [-0.2, -0.15) is 24.3 Å². The largest absolute Gasteiger partial charge is 0.415 e. The van der Waals surface area contributed by atoms with Crippen molar-refractivity contribution >= 4 is 89.8 Å². The number of hydrogen-bond donors (Lipinski definition) is 0. The Bertz CT molecular complexity index is 4300. The van der Waals surface area contributed by atoms with E-state index in [4.69, 9.17) is 4.98 Å². The Morgan fingerprint density at radius 3 is 1.81 bits per heavy atom. The van der Waals surface area contributed by atoms with Crippen molar-refractivity contribution in [2.24, 2.45) is 0 Å². The first-order valence-electron chi connectivity index (χ1n) is 25.4. The van der Waals surface area contributed by atoms with Gasteiger partial charge in [-0.15, -0.1) is 17.5 Å². The van der Waals surface area contributed by atoms with Crippen molar-refractivity contribution in [1.82, 2.24) is 18.7 Å². The van der Waals surface area contributed by atoms with Crippen LogP contribution in [0.2, 0.25) is 0 Å². The molecule has 13 aromatic rings. The van der Waals surface area contributed by atoms with E-state index in [1.54, 1.807) is 0 Å². The van der Waals surface area contributed by atoms with E-state index in [-0.39, 0.29) is 33.5 Å². The van der Waals surface area contributed by atoms with Gasteiger partial charge >= 0.3 is 6.98 Å². The maximum absolute atomic E-state index is 5.04. The minimum atomic E-state index is -0.289. The molecule has 0 saturated carbocycles. The number of benzene rings is 9. The van der Waals surface area contributed by atoms with Gasteiger partial charge in [-0.25, -0.2) is 4.98 Å². The van der Waals surface area contributed by atoms with Crippen molar-refractivity contribution in [2.45, 2.75) is 40.0 Å². The van der Waals surface area contributed by atoms with Crippen LogP contribution in [0.5, 0.6) is 0 Å². The van der Waals surface area contributed by atoms with Crippen LogP contribution in [0.1, 0.15) is 37.5 Å². The van der Waals surface area contributed by atoms with E-state index in [1.165, 1.54) is 32.9 Å². The van der Waals surface area contributed by atoms with Gasteiger partial charge in [0.05, 0.1) is 33.4 Å². The van der Waals surface area contributed by atoms with Crippen LogP contribution < -0.4 is 19.7 Å². The molecule has 0 fully saturated rings. The monoisotopic (exact) mass is 1150 g/mol. The Hall–Kier alpha value is -8.45. The van der Waals surface area contributed by atoms with E-state index < -0.39 is 0 Å². The Labute approximate surface area is 451 Å². The molecular formula is C66H50BN7Pt-2. The summed E-state index contributed by atoms with van der Waals surface area (Å²) in [6.07, 6.45) is 5.83. The Morgan fingerprint density at radius 1 is 0.507 bits per heavy atom. The molecule has 75 heavy (non-hydrogen) atoms. The summed E-state index contributed by atoms with van der Waals surface area (Å²) in [6, 6.07) is 82.2. The quantitative estimate of drug-likeness (QED) is 0.0907. The van der Waals surface area contributed by atoms with Gasteiger partial charge in [0.25, 0.3) is 6.33 Å². The van der Waals surface area contributed by atoms with Crippen molar-refractivity contribution in [3.63, 3.8) is 0 Å². The first kappa shape index (κ1) is 46.3. The number of aromatic nitrogens is 5. The smallest absolute Gasteiger partial charge is 0.406 e. The Kier molecular flexibility index (Phi) is 11.1. The number of pyridine rings is 1. The minimum absolute atomic E-state index is 0. The van der Waals surface area contributed by atoms with Crippen LogP contribution in [0.4, 0.5) is 22.7 Å². The van der Waals surface area contributed by atoms with Crippen LogP contribution in [0.25, 0.3) is 77.5 Å². The second-order valence-corrected chi connectivity index (χ2v) is 20.6. The third-order valence-electron chi connectivity index (χ3n) is 15.1. The summed E-state index contributed by atoms with van der Waals surface area (Å²) in [4.78, 5) is 9.98. The molecule has 0 unspecified atom stereocenters. The topological polar surface area (TPSA) is 38.0 Å². The molecule has 0 amide bonds. The maximum Gasteiger partial charge on any atom is 0.406 e. The second-order valence-electron chi connectivity index (χ2n) is 20.6. The van der Waals surface area contributed by atoms with Gasteiger partial charge in [0.1, 0.15) is 5.82 Å². The van der Waals surface area contributed by atoms with Gasteiger partial charge in [-0.1, -0.05) is 182 Å². The number of imidazole rings is 1. The molecule has 0 aliphatic carbocycles. The van der Waals surface area contributed by atoms with Crippen molar-refractivity contribution in [3.05, 3.63) is 248 Å². The molecule has 0 radical (unpaired) electrons. The van der Waals surface area contributed by atoms with Crippen LogP contribution in [0.3, 0.4) is 0 Å². The van der Waals surface area contributed by atoms with Crippen molar-refractivity contribution < 1.29 is 25.6 Å². The predicted molar refractivity (Wildman–Crippen MR) is 305 cm³/mol. The number of fused-ring (bicyclic) bond motifs is 8. The van der Waals surface area contributed by atoms with Gasteiger partial charge in [0.15, 0.2) is 0 Å². The molecule has 5 heterocycles. The summed E-state index contributed by atoms with van der Waals surface area (Å²) >= 11 is 0. The van der Waals surface area contributed by atoms with E-state index in [9.17, 15) is 0 Å². The number of nitrogens with zero attached hydrogens (tertiary/aromatic N) is 7. The van der Waals surface area contributed by atoms with E-state index in [0.717, 1.165) is 89.5 Å². The normalized spacial score (nSPS) is 12.7. The maximum atomic E-state index is 5.04. The summed E-state index contributed by atoms with van der Waals surface area (Å²) in [5, 5.41) is 4.72. The van der Waals surface area contributed by atoms with Crippen molar-refractivity contribution in [3.8, 4) is 22.9 Å². The van der Waals surface area contributed by atoms with E-state index in [0.29, 0.717) is 0 Å². The molecule has 0 saturated heterocycles. The fourth-order valence-corrected chi connectivity index (χ4v) is 11.7. The SMILES string of the molecule is Cc1cccc(C)c1B1N(c2[c-]c3c(cc2)c2ccccc2n3-c2cc(C(C)(C)C)ccn2)c2[c-]c(-n3[c-][n+](-c4ccccc4-n4c5ccccc5c5ccccc54)c4ccccc43)ccc2N1c1ccccc1.[Pt]. The van der Waals surface area contributed by atoms with Gasteiger partial charge in [-0.3, -0.25) is 4.57 Å². The van der Waals surface area contributed by atoms with Crippen LogP contribution in [0, 0.1) is 32.3 Å². The summed E-state index contributed by atoms with van der Waals surface area (Å²) in [6.45, 7) is 10.9. The number of para-hydroxylation sites is 8. The standard InChI is InChI=1S/C66H50BN7.Pt/c1-44-20-19-21-45(2)65(44)67-73(47-22-7-6-8-23-47)61-37-35-48(41-63(61)74(67)49-34-36-53-52-26-11-14-29-56(52)72(62(53)42-49)64-40-46(38-39-68-64)66(3,4)5)69-43-70(58-31-16-15-30-57(58)69)59-32-17-18-33-60(59)71-54-27-12-9-24-50(54)51-25-10-13-28-55(51)71;/h6-40H,1-5H3;/q-2;. The summed E-state index contributed by atoms with van der Waals surface area (Å²) in [5.74, 6) is 0.868. The Morgan fingerprint density at radius 2 is 1.11 bits per heavy atom.